The van der Waals surface area contributed by atoms with Crippen LogP contribution in [-0.2, 0) is 0 Å². The third kappa shape index (κ3) is 10.9. The van der Waals surface area contributed by atoms with Gasteiger partial charge in [-0.1, -0.05) is 0 Å². The van der Waals surface area contributed by atoms with Crippen LogP contribution in [0.5, 0.6) is 0 Å². The van der Waals surface area contributed by atoms with Gasteiger partial charge in [0.15, 0.2) is 0 Å². The van der Waals surface area contributed by atoms with Crippen molar-refractivity contribution in [2.75, 3.05) is 5.33 Å². The van der Waals surface area contributed by atoms with Crippen molar-refractivity contribution in [1.29, 1.82) is 0 Å². The number of alkyl halides is 1. The van der Waals surface area contributed by atoms with Crippen molar-refractivity contribution in [1.82, 2.24) is 0 Å². The molecule has 0 saturated heterocycles. The second-order valence-electron chi connectivity index (χ2n) is 6.66. The topological polar surface area (TPSA) is 0 Å². The van der Waals surface area contributed by atoms with Crippen LogP contribution in [0.3, 0.4) is 0 Å². The number of unbranched alkanes of at least 4 members (excludes halogenated alkanes) is 6. The molecular formula is C18H39BrSn. The van der Waals surface area contributed by atoms with Gasteiger partial charge in [0.2, 0.25) is 0 Å². The van der Waals surface area contributed by atoms with E-state index in [1.807, 2.05) is 0 Å². The van der Waals surface area contributed by atoms with E-state index in [4.69, 9.17) is 0 Å². The second-order valence-corrected chi connectivity index (χ2v) is 21.7. The Kier molecular flexibility index (Phi) is 16.2. The van der Waals surface area contributed by atoms with Crippen molar-refractivity contribution < 1.29 is 0 Å². The molecule has 0 aromatic carbocycles. The van der Waals surface area contributed by atoms with E-state index in [2.05, 4.69) is 36.7 Å². The van der Waals surface area contributed by atoms with E-state index in [9.17, 15) is 0 Å². The standard InChI is InChI=1S/3C5H11.C3H6Br.Sn/c3*1-3-5-4-2;1-2-3-4;/h3*1,3-5H2,2H3;1-3H2;. The molecule has 0 amide bonds. The molecular weight excluding hydrogens is 415 g/mol. The molecule has 0 rings (SSSR count). The molecule has 0 nitrogen and oxygen atoms in total. The van der Waals surface area contributed by atoms with E-state index < -0.39 is 18.4 Å². The van der Waals surface area contributed by atoms with Gasteiger partial charge in [0.05, 0.1) is 0 Å². The molecule has 0 aromatic rings. The van der Waals surface area contributed by atoms with Crippen molar-refractivity contribution in [3.05, 3.63) is 0 Å². The Morgan fingerprint density at radius 2 is 0.900 bits per heavy atom. The molecule has 0 aliphatic heterocycles. The SMILES string of the molecule is CCCC[CH2][Sn]([CH2]CCBr)([CH2]CCCC)[CH2]CCCC. The Morgan fingerprint density at radius 1 is 0.550 bits per heavy atom. The molecule has 122 valence electrons. The van der Waals surface area contributed by atoms with E-state index in [1.165, 1.54) is 50.3 Å². The summed E-state index contributed by atoms with van der Waals surface area (Å²) in [5.41, 5.74) is 0. The van der Waals surface area contributed by atoms with E-state index in [0.29, 0.717) is 0 Å². The zero-order valence-electron chi connectivity index (χ0n) is 14.5. The molecule has 0 N–H and O–H groups in total. The fraction of sp³-hybridized carbons (Fsp3) is 1.00. The van der Waals surface area contributed by atoms with Gasteiger partial charge in [0, 0.05) is 0 Å². The van der Waals surface area contributed by atoms with E-state index in [0.717, 1.165) is 0 Å². The van der Waals surface area contributed by atoms with Crippen LogP contribution in [-0.4, -0.2) is 23.7 Å². The molecule has 0 spiro atoms. The maximum atomic E-state index is 3.68. The predicted molar refractivity (Wildman–Crippen MR) is 102 cm³/mol. The van der Waals surface area contributed by atoms with E-state index >= 15 is 0 Å². The summed E-state index contributed by atoms with van der Waals surface area (Å²) in [5.74, 6) is 0. The summed E-state index contributed by atoms with van der Waals surface area (Å²) >= 11 is 1.89. The van der Waals surface area contributed by atoms with Gasteiger partial charge in [0.1, 0.15) is 0 Å². The van der Waals surface area contributed by atoms with Gasteiger partial charge in [-0.3, -0.25) is 0 Å². The molecule has 0 aliphatic carbocycles. The molecule has 0 atom stereocenters. The first-order chi connectivity index (χ1) is 9.74. The quantitative estimate of drug-likeness (QED) is 0.135. The minimum absolute atomic E-state index is 1.24. The number of halogens is 1. The first-order valence-corrected chi connectivity index (χ1v) is 18.5. The van der Waals surface area contributed by atoms with Crippen LogP contribution in [0, 0.1) is 0 Å². The van der Waals surface area contributed by atoms with Gasteiger partial charge in [0.25, 0.3) is 0 Å². The summed E-state index contributed by atoms with van der Waals surface area (Å²) in [4.78, 5) is 0. The predicted octanol–water partition coefficient (Wildman–Crippen LogP) is 7.79. The van der Waals surface area contributed by atoms with Gasteiger partial charge in [-0.2, -0.15) is 0 Å². The van der Waals surface area contributed by atoms with Gasteiger partial charge in [-0.15, -0.1) is 0 Å². The Morgan fingerprint density at radius 3 is 1.20 bits per heavy atom. The molecule has 0 saturated carbocycles. The summed E-state index contributed by atoms with van der Waals surface area (Å²) in [6.07, 6.45) is 14.7. The van der Waals surface area contributed by atoms with Crippen molar-refractivity contribution in [2.24, 2.45) is 0 Å². The van der Waals surface area contributed by atoms with Crippen LogP contribution in [0.15, 0.2) is 0 Å². The zero-order chi connectivity index (χ0) is 15.1. The summed E-state index contributed by atoms with van der Waals surface area (Å²) in [7, 11) is 0. The summed E-state index contributed by atoms with van der Waals surface area (Å²) in [5, 5.41) is 1.24. The molecule has 2 heteroatoms. The fourth-order valence-corrected chi connectivity index (χ4v) is 20.7. The maximum absolute atomic E-state index is 3.68. The van der Waals surface area contributed by atoms with E-state index in [1.54, 1.807) is 37.0 Å². The van der Waals surface area contributed by atoms with Gasteiger partial charge in [-0.05, 0) is 0 Å². The Hall–Kier alpha value is 1.28. The Labute approximate surface area is 141 Å². The summed E-state index contributed by atoms with van der Waals surface area (Å²) in [6, 6.07) is 0. The van der Waals surface area contributed by atoms with Crippen LogP contribution >= 0.6 is 15.9 Å². The van der Waals surface area contributed by atoms with Gasteiger partial charge >= 0.3 is 142 Å². The zero-order valence-corrected chi connectivity index (χ0v) is 18.9. The normalized spacial score (nSPS) is 12.0. The summed E-state index contributed by atoms with van der Waals surface area (Å²) < 4.78 is 6.76. The van der Waals surface area contributed by atoms with Gasteiger partial charge in [-0.25, -0.2) is 0 Å². The van der Waals surface area contributed by atoms with Crippen LogP contribution in [0.4, 0.5) is 0 Å². The monoisotopic (exact) mass is 454 g/mol. The molecule has 0 heterocycles. The van der Waals surface area contributed by atoms with Crippen LogP contribution in [0.2, 0.25) is 17.7 Å². The molecule has 0 bridgehead atoms. The van der Waals surface area contributed by atoms with Crippen molar-refractivity contribution in [2.45, 2.75) is 103 Å². The number of rotatable bonds is 15. The Balaban J connectivity index is 4.48. The van der Waals surface area contributed by atoms with Crippen LogP contribution in [0.25, 0.3) is 0 Å². The first-order valence-electron chi connectivity index (χ1n) is 9.30. The number of hydrogen-bond acceptors (Lipinski definition) is 0. The average molecular weight is 454 g/mol. The minimum atomic E-state index is -1.79. The molecule has 0 aromatic heterocycles. The van der Waals surface area contributed by atoms with E-state index in [-0.39, 0.29) is 0 Å². The van der Waals surface area contributed by atoms with Crippen LogP contribution < -0.4 is 0 Å². The molecule has 20 heavy (non-hydrogen) atoms. The third-order valence-electron chi connectivity index (χ3n) is 4.77. The average Bonchev–Trinajstić information content (AvgIpc) is 2.46. The summed E-state index contributed by atoms with van der Waals surface area (Å²) in [6.45, 7) is 7.05. The molecule has 0 unspecified atom stereocenters. The second kappa shape index (κ2) is 15.2. The number of hydrogen-bond donors (Lipinski definition) is 0. The van der Waals surface area contributed by atoms with Crippen molar-refractivity contribution >= 4 is 34.3 Å². The molecule has 0 fully saturated rings. The molecule has 0 aliphatic rings. The first kappa shape index (κ1) is 21.3. The third-order valence-corrected chi connectivity index (χ3v) is 21.5. The van der Waals surface area contributed by atoms with Crippen molar-refractivity contribution in [3.63, 3.8) is 0 Å². The fourth-order valence-electron chi connectivity index (χ4n) is 3.44. The van der Waals surface area contributed by atoms with Crippen LogP contribution in [0.1, 0.15) is 85.0 Å². The van der Waals surface area contributed by atoms with Gasteiger partial charge < -0.3 is 0 Å². The van der Waals surface area contributed by atoms with Crippen molar-refractivity contribution in [3.8, 4) is 0 Å². The Bertz CT molecular complexity index is 167. The molecule has 0 radical (unpaired) electrons.